The van der Waals surface area contributed by atoms with Crippen LogP contribution in [0.5, 0.6) is 17.2 Å². The van der Waals surface area contributed by atoms with Crippen LogP contribution in [0.1, 0.15) is 16.7 Å². The van der Waals surface area contributed by atoms with Gasteiger partial charge in [0, 0.05) is 10.6 Å². The molecular formula is C27H23ClINO5S. The predicted molar refractivity (Wildman–Crippen MR) is 151 cm³/mol. The maximum atomic E-state index is 12.9. The minimum Gasteiger partial charge on any atom is -0.493 e. The maximum absolute atomic E-state index is 12.9. The fourth-order valence-corrected chi connectivity index (χ4v) is 5.30. The monoisotopic (exact) mass is 635 g/mol. The van der Waals surface area contributed by atoms with E-state index in [1.165, 1.54) is 4.90 Å². The van der Waals surface area contributed by atoms with E-state index >= 15 is 0 Å². The third-order valence-electron chi connectivity index (χ3n) is 5.36. The number of halogens is 2. The van der Waals surface area contributed by atoms with Crippen molar-refractivity contribution in [3.8, 4) is 17.2 Å². The van der Waals surface area contributed by atoms with Gasteiger partial charge in [-0.2, -0.15) is 0 Å². The SMILES string of the molecule is COc1cc(/C=C2\SC(=O)N(CCOc3ccc(C)cc3)C2=O)cc(I)c1OCc1ccccc1Cl. The Kier molecular flexibility index (Phi) is 8.81. The Morgan fingerprint density at radius 3 is 2.53 bits per heavy atom. The van der Waals surface area contributed by atoms with Gasteiger partial charge in [0.1, 0.15) is 19.0 Å². The highest BCUT2D eigenvalue weighted by Gasteiger charge is 2.35. The molecule has 1 heterocycles. The summed E-state index contributed by atoms with van der Waals surface area (Å²) < 4.78 is 18.0. The third-order valence-corrected chi connectivity index (χ3v) is 7.43. The van der Waals surface area contributed by atoms with Crippen LogP contribution in [0.4, 0.5) is 4.79 Å². The number of aryl methyl sites for hydroxylation is 1. The highest BCUT2D eigenvalue weighted by atomic mass is 127. The van der Waals surface area contributed by atoms with Crippen LogP contribution in [0.15, 0.2) is 65.6 Å². The van der Waals surface area contributed by atoms with Crippen molar-refractivity contribution in [3.63, 3.8) is 0 Å². The first-order valence-electron chi connectivity index (χ1n) is 11.0. The number of hydrogen-bond donors (Lipinski definition) is 0. The van der Waals surface area contributed by atoms with Gasteiger partial charge in [-0.25, -0.2) is 0 Å². The lowest BCUT2D eigenvalue weighted by Crippen LogP contribution is -2.32. The number of rotatable bonds is 9. The van der Waals surface area contributed by atoms with E-state index in [4.69, 9.17) is 25.8 Å². The van der Waals surface area contributed by atoms with Crippen LogP contribution in [0.3, 0.4) is 0 Å². The minimum absolute atomic E-state index is 0.172. The van der Waals surface area contributed by atoms with Crippen LogP contribution < -0.4 is 14.2 Å². The number of imide groups is 1. The summed E-state index contributed by atoms with van der Waals surface area (Å²) in [6, 6.07) is 18.7. The van der Waals surface area contributed by atoms with E-state index < -0.39 is 0 Å². The molecule has 0 aliphatic carbocycles. The van der Waals surface area contributed by atoms with Crippen LogP contribution in [0, 0.1) is 10.5 Å². The Morgan fingerprint density at radius 2 is 1.81 bits per heavy atom. The van der Waals surface area contributed by atoms with Crippen molar-refractivity contribution in [2.45, 2.75) is 13.5 Å². The quantitative estimate of drug-likeness (QED) is 0.187. The van der Waals surface area contributed by atoms with Gasteiger partial charge in [0.2, 0.25) is 0 Å². The molecule has 1 saturated heterocycles. The lowest BCUT2D eigenvalue weighted by Gasteiger charge is -2.14. The van der Waals surface area contributed by atoms with Crippen molar-refractivity contribution in [3.05, 3.63) is 90.9 Å². The average Bonchev–Trinajstić information content (AvgIpc) is 3.12. The highest BCUT2D eigenvalue weighted by molar-refractivity contribution is 14.1. The van der Waals surface area contributed by atoms with Crippen LogP contribution in [0.2, 0.25) is 5.02 Å². The van der Waals surface area contributed by atoms with Gasteiger partial charge >= 0.3 is 0 Å². The van der Waals surface area contributed by atoms with Gasteiger partial charge in [-0.15, -0.1) is 0 Å². The van der Waals surface area contributed by atoms with Crippen molar-refractivity contribution in [2.24, 2.45) is 0 Å². The summed E-state index contributed by atoms with van der Waals surface area (Å²) in [4.78, 5) is 26.9. The Bertz CT molecular complexity index is 1310. The smallest absolute Gasteiger partial charge is 0.293 e. The summed E-state index contributed by atoms with van der Waals surface area (Å²) in [6.07, 6.45) is 1.69. The van der Waals surface area contributed by atoms with Gasteiger partial charge in [0.25, 0.3) is 11.1 Å². The summed E-state index contributed by atoms with van der Waals surface area (Å²) in [5.74, 6) is 1.45. The second-order valence-electron chi connectivity index (χ2n) is 7.91. The van der Waals surface area contributed by atoms with Crippen molar-refractivity contribution in [1.29, 1.82) is 0 Å². The van der Waals surface area contributed by atoms with E-state index in [0.29, 0.717) is 27.2 Å². The molecule has 2 amide bonds. The lowest BCUT2D eigenvalue weighted by molar-refractivity contribution is -0.123. The Labute approximate surface area is 232 Å². The zero-order valence-corrected chi connectivity index (χ0v) is 23.4. The number of benzene rings is 3. The molecule has 0 radical (unpaired) electrons. The molecule has 0 unspecified atom stereocenters. The summed E-state index contributed by atoms with van der Waals surface area (Å²) in [7, 11) is 1.56. The van der Waals surface area contributed by atoms with Crippen LogP contribution in [0.25, 0.3) is 6.08 Å². The molecule has 1 aliphatic rings. The molecule has 1 aliphatic heterocycles. The molecule has 0 spiro atoms. The molecule has 1 fully saturated rings. The van der Waals surface area contributed by atoms with Crippen molar-refractivity contribution >= 4 is 63.2 Å². The predicted octanol–water partition coefficient (Wildman–Crippen LogP) is 6.96. The number of thioether (sulfide) groups is 1. The summed E-state index contributed by atoms with van der Waals surface area (Å²) in [6.45, 7) is 2.67. The third kappa shape index (κ3) is 6.35. The Morgan fingerprint density at radius 1 is 1.06 bits per heavy atom. The van der Waals surface area contributed by atoms with E-state index in [9.17, 15) is 9.59 Å². The minimum atomic E-state index is -0.342. The lowest BCUT2D eigenvalue weighted by atomic mass is 10.1. The Hall–Kier alpha value is -2.69. The molecule has 6 nitrogen and oxygen atoms in total. The molecule has 9 heteroatoms. The van der Waals surface area contributed by atoms with Gasteiger partial charge in [-0.1, -0.05) is 47.5 Å². The number of hydrogen-bond acceptors (Lipinski definition) is 6. The first-order valence-corrected chi connectivity index (χ1v) is 13.3. The summed E-state index contributed by atoms with van der Waals surface area (Å²) in [5, 5.41) is 0.309. The molecule has 0 aromatic heterocycles. The van der Waals surface area contributed by atoms with Crippen molar-refractivity contribution in [1.82, 2.24) is 4.90 Å². The molecule has 3 aromatic carbocycles. The van der Waals surface area contributed by atoms with E-state index in [-0.39, 0.29) is 30.9 Å². The average molecular weight is 636 g/mol. The van der Waals surface area contributed by atoms with E-state index in [1.54, 1.807) is 19.3 Å². The number of nitrogens with zero attached hydrogens (tertiary/aromatic N) is 1. The summed E-state index contributed by atoms with van der Waals surface area (Å²) >= 11 is 9.31. The largest absolute Gasteiger partial charge is 0.493 e. The number of methoxy groups -OCH3 is 1. The number of amides is 2. The zero-order valence-electron chi connectivity index (χ0n) is 19.6. The first kappa shape index (κ1) is 26.4. The van der Waals surface area contributed by atoms with Gasteiger partial charge in [-0.05, 0) is 83.2 Å². The van der Waals surface area contributed by atoms with E-state index in [0.717, 1.165) is 32.0 Å². The number of carbonyl (C=O) groups excluding carboxylic acids is 2. The van der Waals surface area contributed by atoms with Gasteiger partial charge in [0.05, 0.1) is 22.1 Å². The molecule has 186 valence electrons. The second kappa shape index (κ2) is 12.0. The molecule has 0 saturated carbocycles. The fourth-order valence-electron chi connectivity index (χ4n) is 3.46. The standard InChI is InChI=1S/C27H23ClINO5S/c1-17-7-9-20(10-8-17)34-12-11-30-26(31)24(36-27(30)32)15-18-13-22(29)25(23(14-18)33-2)35-16-19-5-3-4-6-21(19)28/h3-10,13-15H,11-12,16H2,1-2H3/b24-15-. The Balaban J connectivity index is 1.44. The summed E-state index contributed by atoms with van der Waals surface area (Å²) in [5.41, 5.74) is 2.72. The fraction of sp³-hybridized carbons (Fsp3) is 0.185. The van der Waals surface area contributed by atoms with Crippen LogP contribution >= 0.6 is 46.0 Å². The molecule has 36 heavy (non-hydrogen) atoms. The van der Waals surface area contributed by atoms with Gasteiger partial charge in [-0.3, -0.25) is 14.5 Å². The van der Waals surface area contributed by atoms with E-state index in [1.807, 2.05) is 61.5 Å². The molecule has 0 bridgehead atoms. The molecule has 4 rings (SSSR count). The molecule has 0 atom stereocenters. The highest BCUT2D eigenvalue weighted by Crippen LogP contribution is 2.38. The zero-order chi connectivity index (χ0) is 25.7. The number of ether oxygens (including phenoxy) is 3. The van der Waals surface area contributed by atoms with Crippen molar-refractivity contribution < 1.29 is 23.8 Å². The van der Waals surface area contributed by atoms with E-state index in [2.05, 4.69) is 22.6 Å². The molecular weight excluding hydrogens is 613 g/mol. The molecule has 0 N–H and O–H groups in total. The molecule has 3 aromatic rings. The second-order valence-corrected chi connectivity index (χ2v) is 10.5. The maximum Gasteiger partial charge on any atom is 0.293 e. The van der Waals surface area contributed by atoms with Crippen molar-refractivity contribution in [2.75, 3.05) is 20.3 Å². The van der Waals surface area contributed by atoms with Crippen LogP contribution in [-0.2, 0) is 11.4 Å². The van der Waals surface area contributed by atoms with Gasteiger partial charge < -0.3 is 14.2 Å². The number of carbonyl (C=O) groups is 2. The normalized spacial score (nSPS) is 14.4. The van der Waals surface area contributed by atoms with Crippen LogP contribution in [-0.4, -0.2) is 36.3 Å². The first-order chi connectivity index (χ1) is 17.4. The van der Waals surface area contributed by atoms with Gasteiger partial charge in [0.15, 0.2) is 11.5 Å². The topological polar surface area (TPSA) is 65.1 Å².